The molecule has 72 valence electrons. The minimum atomic E-state index is -0.0903. The van der Waals surface area contributed by atoms with Crippen molar-refractivity contribution in [2.24, 2.45) is 4.99 Å². The molecule has 4 heteroatoms. The molecule has 0 saturated heterocycles. The maximum absolute atomic E-state index is 5.19. The minimum Gasteiger partial charge on any atom is -0.363 e. The van der Waals surface area contributed by atoms with Crippen molar-refractivity contribution < 1.29 is 4.74 Å². The van der Waals surface area contributed by atoms with Crippen LogP contribution in [0.15, 0.2) is 4.99 Å². The maximum Gasteiger partial charge on any atom is 0.143 e. The fourth-order valence-corrected chi connectivity index (χ4v) is 1.00. The van der Waals surface area contributed by atoms with E-state index >= 15 is 0 Å². The Labute approximate surface area is 74.4 Å². The fraction of sp³-hybridized carbons (Fsp3) is 0.875. The second kappa shape index (κ2) is 7.21. The lowest BCUT2D eigenvalue weighted by Gasteiger charge is -2.23. The van der Waals surface area contributed by atoms with Gasteiger partial charge in [0.1, 0.15) is 12.4 Å². The Morgan fingerprint density at radius 3 is 2.25 bits per heavy atom. The average molecular weight is 173 g/mol. The van der Waals surface area contributed by atoms with E-state index in [4.69, 9.17) is 4.74 Å². The normalized spacial score (nSPS) is 15.6. The van der Waals surface area contributed by atoms with Gasteiger partial charge in [0.2, 0.25) is 0 Å². The quantitative estimate of drug-likeness (QED) is 0.427. The average Bonchev–Trinajstić information content (AvgIpc) is 2.11. The third kappa shape index (κ3) is 3.80. The van der Waals surface area contributed by atoms with Crippen molar-refractivity contribution in [2.75, 3.05) is 20.2 Å². The Kier molecular flexibility index (Phi) is 6.94. The van der Waals surface area contributed by atoms with Crippen LogP contribution in [0, 0.1) is 0 Å². The number of aliphatic imine (C=N–C) groups is 1. The number of hydrogen-bond acceptors (Lipinski definition) is 4. The van der Waals surface area contributed by atoms with Crippen molar-refractivity contribution in [1.82, 2.24) is 10.6 Å². The third-order valence-electron chi connectivity index (χ3n) is 1.56. The number of ether oxygens (including phenoxy) is 1. The summed E-state index contributed by atoms with van der Waals surface area (Å²) in [5, 5.41) is 6.30. The van der Waals surface area contributed by atoms with E-state index in [1.807, 2.05) is 13.8 Å². The van der Waals surface area contributed by atoms with Crippen LogP contribution in [-0.2, 0) is 4.74 Å². The molecule has 0 aliphatic carbocycles. The first kappa shape index (κ1) is 11.6. The highest BCUT2D eigenvalue weighted by Crippen LogP contribution is 1.95. The molecule has 0 heterocycles. The molecule has 2 N–H and O–H groups in total. The summed E-state index contributed by atoms with van der Waals surface area (Å²) in [6.07, 6.45) is -0.160. The number of hydrogen-bond donors (Lipinski definition) is 2. The van der Waals surface area contributed by atoms with E-state index in [0.717, 1.165) is 13.1 Å². The Hall–Kier alpha value is -0.450. The first-order valence-electron chi connectivity index (χ1n) is 4.25. The second-order valence-corrected chi connectivity index (χ2v) is 2.40. The van der Waals surface area contributed by atoms with Gasteiger partial charge >= 0.3 is 0 Å². The third-order valence-corrected chi connectivity index (χ3v) is 1.56. The first-order valence-corrected chi connectivity index (χ1v) is 4.25. The van der Waals surface area contributed by atoms with E-state index in [1.54, 1.807) is 7.11 Å². The zero-order valence-electron chi connectivity index (χ0n) is 8.13. The van der Waals surface area contributed by atoms with Crippen molar-refractivity contribution in [2.45, 2.75) is 26.2 Å². The second-order valence-electron chi connectivity index (χ2n) is 2.40. The topological polar surface area (TPSA) is 45.7 Å². The molecule has 0 saturated carbocycles. The van der Waals surface area contributed by atoms with Crippen molar-refractivity contribution in [3.05, 3.63) is 0 Å². The highest BCUT2D eigenvalue weighted by molar-refractivity contribution is 5.24. The van der Waals surface area contributed by atoms with E-state index in [0.29, 0.717) is 0 Å². The largest absolute Gasteiger partial charge is 0.363 e. The summed E-state index contributed by atoms with van der Waals surface area (Å²) in [5.41, 5.74) is 0. The molecule has 0 radical (unpaired) electrons. The van der Waals surface area contributed by atoms with Crippen LogP contribution in [0.25, 0.3) is 0 Å². The molecule has 0 amide bonds. The summed E-state index contributed by atoms with van der Waals surface area (Å²) in [4.78, 5) is 3.92. The molecule has 0 rings (SSSR count). The van der Waals surface area contributed by atoms with Crippen LogP contribution in [0.4, 0.5) is 0 Å². The van der Waals surface area contributed by atoms with E-state index in [9.17, 15) is 0 Å². The molecule has 0 bridgehead atoms. The van der Waals surface area contributed by atoms with Crippen LogP contribution in [0.3, 0.4) is 0 Å². The summed E-state index contributed by atoms with van der Waals surface area (Å²) < 4.78 is 5.19. The zero-order chi connectivity index (χ0) is 9.40. The van der Waals surface area contributed by atoms with Crippen LogP contribution in [0.5, 0.6) is 0 Å². The zero-order valence-corrected chi connectivity index (χ0v) is 8.13. The van der Waals surface area contributed by atoms with Gasteiger partial charge in [-0.25, -0.2) is 0 Å². The van der Waals surface area contributed by atoms with E-state index in [2.05, 4.69) is 22.3 Å². The Morgan fingerprint density at radius 1 is 1.33 bits per heavy atom. The van der Waals surface area contributed by atoms with Gasteiger partial charge in [-0.1, -0.05) is 13.8 Å². The fourth-order valence-electron chi connectivity index (χ4n) is 1.00. The predicted molar refractivity (Wildman–Crippen MR) is 51.5 cm³/mol. The molecule has 2 unspecified atom stereocenters. The standard InChI is InChI=1S/C8H19N3O/c1-5-10-7(9-3)8(12-4)11-6-2/h7-8,10-11H,3,5-6H2,1-2,4H3. The molecule has 2 atom stereocenters. The maximum atomic E-state index is 5.19. The summed E-state index contributed by atoms with van der Waals surface area (Å²) in [6, 6.07) is 0. The molecule has 0 spiro atoms. The molecule has 12 heavy (non-hydrogen) atoms. The van der Waals surface area contributed by atoms with Gasteiger partial charge in [0.05, 0.1) is 0 Å². The van der Waals surface area contributed by atoms with Gasteiger partial charge in [0.15, 0.2) is 0 Å². The molecule has 0 fully saturated rings. The number of nitrogens with one attached hydrogen (secondary N) is 2. The van der Waals surface area contributed by atoms with Crippen LogP contribution >= 0.6 is 0 Å². The minimum absolute atomic E-state index is 0.0695. The SMILES string of the molecule is C=NC(NCC)C(NCC)OC. The van der Waals surface area contributed by atoms with Crippen molar-refractivity contribution >= 4 is 6.72 Å². The highest BCUT2D eigenvalue weighted by atomic mass is 16.5. The Bertz CT molecular complexity index is 119. The van der Waals surface area contributed by atoms with Crippen molar-refractivity contribution in [3.8, 4) is 0 Å². The molecule has 0 aliphatic heterocycles. The van der Waals surface area contributed by atoms with Gasteiger partial charge in [0, 0.05) is 7.11 Å². The molecule has 0 aliphatic rings. The number of likely N-dealkylation sites (N-methyl/N-ethyl adjacent to an activating group) is 2. The van der Waals surface area contributed by atoms with Gasteiger partial charge in [-0.3, -0.25) is 15.6 Å². The van der Waals surface area contributed by atoms with E-state index < -0.39 is 0 Å². The van der Waals surface area contributed by atoms with Gasteiger partial charge < -0.3 is 4.74 Å². The number of methoxy groups -OCH3 is 1. The van der Waals surface area contributed by atoms with Gasteiger partial charge in [-0.05, 0) is 19.8 Å². The highest BCUT2D eigenvalue weighted by Gasteiger charge is 2.16. The van der Waals surface area contributed by atoms with Crippen LogP contribution in [0.1, 0.15) is 13.8 Å². The van der Waals surface area contributed by atoms with Gasteiger partial charge in [0.25, 0.3) is 0 Å². The summed E-state index contributed by atoms with van der Waals surface area (Å²) in [7, 11) is 1.66. The lowest BCUT2D eigenvalue weighted by atomic mass is 10.4. The number of nitrogens with zero attached hydrogens (tertiary/aromatic N) is 1. The molecule has 0 aromatic carbocycles. The van der Waals surface area contributed by atoms with Crippen LogP contribution in [-0.4, -0.2) is 39.3 Å². The smallest absolute Gasteiger partial charge is 0.143 e. The predicted octanol–water partition coefficient (Wildman–Crippen LogP) is 0.205. The summed E-state index contributed by atoms with van der Waals surface area (Å²) in [6.45, 7) is 9.26. The monoisotopic (exact) mass is 173 g/mol. The van der Waals surface area contributed by atoms with Crippen LogP contribution < -0.4 is 10.6 Å². The number of rotatable bonds is 7. The lowest BCUT2D eigenvalue weighted by Crippen LogP contribution is -2.47. The molecular weight excluding hydrogens is 154 g/mol. The Balaban J connectivity index is 3.92. The van der Waals surface area contributed by atoms with Crippen molar-refractivity contribution in [1.29, 1.82) is 0 Å². The lowest BCUT2D eigenvalue weighted by molar-refractivity contribution is 0.0461. The summed E-state index contributed by atoms with van der Waals surface area (Å²) >= 11 is 0. The van der Waals surface area contributed by atoms with Gasteiger partial charge in [-0.2, -0.15) is 0 Å². The van der Waals surface area contributed by atoms with Gasteiger partial charge in [-0.15, -0.1) is 0 Å². The van der Waals surface area contributed by atoms with Crippen molar-refractivity contribution in [3.63, 3.8) is 0 Å². The van der Waals surface area contributed by atoms with E-state index in [-0.39, 0.29) is 12.4 Å². The molecular formula is C8H19N3O. The Morgan fingerprint density at radius 2 is 1.92 bits per heavy atom. The first-order chi connectivity index (χ1) is 5.79. The van der Waals surface area contributed by atoms with Crippen LogP contribution in [0.2, 0.25) is 0 Å². The molecule has 0 aromatic heterocycles. The molecule has 0 aromatic rings. The van der Waals surface area contributed by atoms with E-state index in [1.165, 1.54) is 0 Å². The molecule has 4 nitrogen and oxygen atoms in total. The summed E-state index contributed by atoms with van der Waals surface area (Å²) in [5.74, 6) is 0.